The zero-order valence-corrected chi connectivity index (χ0v) is 38.7. The van der Waals surface area contributed by atoms with Gasteiger partial charge in [-0.05, 0) is 49.1 Å². The van der Waals surface area contributed by atoms with Crippen LogP contribution in [0.3, 0.4) is 0 Å². The number of benzene rings is 1. The average molecular weight is 845 g/mol. The van der Waals surface area contributed by atoms with Crippen LogP contribution in [0.2, 0.25) is 0 Å². The summed E-state index contributed by atoms with van der Waals surface area (Å²) in [7, 11) is 8.01. The molecule has 15 heteroatoms. The number of nitrogens with zero attached hydrogens (tertiary/aromatic N) is 3. The van der Waals surface area contributed by atoms with E-state index in [2.05, 4.69) is 16.0 Å². The SMILES string of the molecule is CC[C@H](C)C([C@@H](CC(=O)N1CCC[C@H]1[C@H](OC)[C@@H](C)C(=O)N[C@@H](Cc1ccccc1)C(=O)O)OC)N(C)C(=O)[C@@H](NC(=O)C(C(C)C)N(C)C(=O)[C@@H](NC)C(C)C)C(C)C. The van der Waals surface area contributed by atoms with E-state index < -0.39 is 72.2 Å². The van der Waals surface area contributed by atoms with Gasteiger partial charge in [-0.3, -0.25) is 24.0 Å². The largest absolute Gasteiger partial charge is 0.480 e. The van der Waals surface area contributed by atoms with Crippen molar-refractivity contribution in [1.29, 1.82) is 0 Å². The highest BCUT2D eigenvalue weighted by Gasteiger charge is 2.44. The molecule has 0 spiro atoms. The number of nitrogens with one attached hydrogen (secondary N) is 3. The molecule has 0 saturated carbocycles. The molecule has 10 atom stereocenters. The number of rotatable bonds is 24. The summed E-state index contributed by atoms with van der Waals surface area (Å²) in [4.78, 5) is 86.8. The van der Waals surface area contributed by atoms with E-state index in [1.165, 1.54) is 19.1 Å². The van der Waals surface area contributed by atoms with Gasteiger partial charge in [-0.25, -0.2) is 4.79 Å². The number of ether oxygens (including phenoxy) is 2. The van der Waals surface area contributed by atoms with Crippen LogP contribution in [-0.2, 0) is 44.7 Å². The molecule has 1 aromatic carbocycles. The fourth-order valence-corrected chi connectivity index (χ4v) is 8.66. The molecule has 0 bridgehead atoms. The van der Waals surface area contributed by atoms with Gasteiger partial charge in [0.25, 0.3) is 0 Å². The molecule has 1 aliphatic rings. The third-order valence-corrected chi connectivity index (χ3v) is 12.3. The van der Waals surface area contributed by atoms with Gasteiger partial charge in [0, 0.05) is 41.3 Å². The van der Waals surface area contributed by atoms with Crippen molar-refractivity contribution < 1.29 is 43.3 Å². The Bertz CT molecular complexity index is 1560. The molecule has 0 radical (unpaired) electrons. The molecule has 4 N–H and O–H groups in total. The van der Waals surface area contributed by atoms with Crippen LogP contribution in [0.25, 0.3) is 0 Å². The quantitative estimate of drug-likeness (QED) is 0.120. The smallest absolute Gasteiger partial charge is 0.326 e. The maximum Gasteiger partial charge on any atom is 0.326 e. The summed E-state index contributed by atoms with van der Waals surface area (Å²) in [5.41, 5.74) is 0.773. The van der Waals surface area contributed by atoms with E-state index in [1.807, 2.05) is 73.6 Å². The zero-order valence-electron chi connectivity index (χ0n) is 38.7. The number of carbonyl (C=O) groups is 6. The lowest BCUT2D eigenvalue weighted by Gasteiger charge is -2.41. The molecule has 60 heavy (non-hydrogen) atoms. The van der Waals surface area contributed by atoms with E-state index in [9.17, 15) is 33.9 Å². The van der Waals surface area contributed by atoms with Crippen molar-refractivity contribution in [2.24, 2.45) is 29.6 Å². The summed E-state index contributed by atoms with van der Waals surface area (Å²) in [5.74, 6) is -4.28. The molecule has 0 aliphatic carbocycles. The van der Waals surface area contributed by atoms with Crippen LogP contribution in [0, 0.1) is 29.6 Å². The van der Waals surface area contributed by atoms with Crippen molar-refractivity contribution in [1.82, 2.24) is 30.7 Å². The van der Waals surface area contributed by atoms with Crippen LogP contribution in [0.4, 0.5) is 0 Å². The minimum atomic E-state index is -1.15. The standard InChI is InChI=1S/C45H76N6O9/c1-15-29(8)39(50(12)44(56)37(27(4)5)48-42(54)38(28(6)7)49(11)43(55)36(46-10)26(2)3)34(59-13)25-35(52)51-23-19-22-33(51)40(60-14)30(9)41(53)47-32(45(57)58)24-31-20-17-16-18-21-31/h16-18,20-21,26-30,32-34,36-40,46H,15,19,22-25H2,1-14H3,(H,47,53)(H,48,54)(H,57,58)/t29-,30+,32-,33-,34+,36-,37-,38?,39?,40+/m0/s1. The fraction of sp³-hybridized carbons (Fsp3) is 0.733. The molecule has 1 heterocycles. The van der Waals surface area contributed by atoms with Crippen LogP contribution in [0.1, 0.15) is 93.6 Å². The Morgan fingerprint density at radius 2 is 1.40 bits per heavy atom. The molecule has 2 unspecified atom stereocenters. The zero-order chi connectivity index (χ0) is 45.6. The van der Waals surface area contributed by atoms with E-state index in [0.29, 0.717) is 25.8 Å². The molecule has 1 saturated heterocycles. The predicted molar refractivity (Wildman–Crippen MR) is 232 cm³/mol. The first kappa shape index (κ1) is 52.1. The van der Waals surface area contributed by atoms with E-state index in [4.69, 9.17) is 9.47 Å². The third kappa shape index (κ3) is 13.5. The van der Waals surface area contributed by atoms with Crippen LogP contribution in [0.5, 0.6) is 0 Å². The van der Waals surface area contributed by atoms with Gasteiger partial charge in [-0.2, -0.15) is 0 Å². The number of aliphatic carboxylic acids is 1. The lowest BCUT2D eigenvalue weighted by molar-refractivity contribution is -0.149. The highest BCUT2D eigenvalue weighted by Crippen LogP contribution is 2.30. The van der Waals surface area contributed by atoms with Crippen molar-refractivity contribution in [2.75, 3.05) is 41.9 Å². The first-order valence-electron chi connectivity index (χ1n) is 21.6. The van der Waals surface area contributed by atoms with Gasteiger partial charge in [0.2, 0.25) is 29.5 Å². The topological polar surface area (TPSA) is 187 Å². The normalized spacial score (nSPS) is 18.8. The second-order valence-electron chi connectivity index (χ2n) is 17.6. The maximum absolute atomic E-state index is 14.5. The number of likely N-dealkylation sites (N-methyl/N-ethyl adjacent to an activating group) is 3. The Labute approximate surface area is 359 Å². The Hall–Kier alpha value is -4.08. The lowest BCUT2D eigenvalue weighted by atomic mass is 9.89. The summed E-state index contributed by atoms with van der Waals surface area (Å²) < 4.78 is 11.9. The molecule has 5 amide bonds. The van der Waals surface area contributed by atoms with E-state index in [1.54, 1.807) is 50.0 Å². The molecule has 1 fully saturated rings. The number of carboxylic acids is 1. The van der Waals surface area contributed by atoms with Gasteiger partial charge in [0.15, 0.2) is 0 Å². The van der Waals surface area contributed by atoms with E-state index in [0.717, 1.165) is 5.56 Å². The number of likely N-dealkylation sites (tertiary alicyclic amines) is 1. The monoisotopic (exact) mass is 845 g/mol. The van der Waals surface area contributed by atoms with Gasteiger partial charge < -0.3 is 45.2 Å². The molecular weight excluding hydrogens is 769 g/mol. The molecule has 2 rings (SSSR count). The van der Waals surface area contributed by atoms with Crippen molar-refractivity contribution in [3.8, 4) is 0 Å². The molecule has 1 aromatic rings. The van der Waals surface area contributed by atoms with Gasteiger partial charge in [-0.15, -0.1) is 0 Å². The second-order valence-corrected chi connectivity index (χ2v) is 17.6. The first-order valence-corrected chi connectivity index (χ1v) is 21.6. The molecule has 1 aliphatic heterocycles. The van der Waals surface area contributed by atoms with Gasteiger partial charge in [0.1, 0.15) is 18.1 Å². The van der Waals surface area contributed by atoms with Crippen LogP contribution in [0.15, 0.2) is 30.3 Å². The van der Waals surface area contributed by atoms with Gasteiger partial charge in [0.05, 0.1) is 42.7 Å². The summed E-state index contributed by atoms with van der Waals surface area (Å²) in [6.07, 6.45) is 0.562. The minimum absolute atomic E-state index is 0.00526. The Kier molecular flexibility index (Phi) is 21.2. The van der Waals surface area contributed by atoms with Crippen LogP contribution in [-0.4, -0.2) is 146 Å². The fourth-order valence-electron chi connectivity index (χ4n) is 8.66. The van der Waals surface area contributed by atoms with Crippen molar-refractivity contribution in [3.05, 3.63) is 35.9 Å². The minimum Gasteiger partial charge on any atom is -0.480 e. The van der Waals surface area contributed by atoms with Crippen LogP contribution < -0.4 is 16.0 Å². The average Bonchev–Trinajstić information content (AvgIpc) is 3.69. The molecule has 15 nitrogen and oxygen atoms in total. The Morgan fingerprint density at radius 1 is 0.817 bits per heavy atom. The van der Waals surface area contributed by atoms with Crippen molar-refractivity contribution >= 4 is 35.5 Å². The lowest BCUT2D eigenvalue weighted by Crippen LogP contribution is -2.61. The van der Waals surface area contributed by atoms with Gasteiger partial charge >= 0.3 is 5.97 Å². The van der Waals surface area contributed by atoms with Crippen LogP contribution >= 0.6 is 0 Å². The number of amides is 5. The number of carbonyl (C=O) groups excluding carboxylic acids is 5. The Morgan fingerprint density at radius 3 is 1.88 bits per heavy atom. The maximum atomic E-state index is 14.5. The molecule has 340 valence electrons. The summed E-state index contributed by atoms with van der Waals surface area (Å²) >= 11 is 0. The third-order valence-electron chi connectivity index (χ3n) is 12.3. The summed E-state index contributed by atoms with van der Waals surface area (Å²) in [6.45, 7) is 17.4. The van der Waals surface area contributed by atoms with Crippen molar-refractivity contribution in [2.45, 2.75) is 143 Å². The number of carboxylic acid groups (broad SMARTS) is 1. The molecule has 0 aromatic heterocycles. The number of methoxy groups -OCH3 is 2. The first-order chi connectivity index (χ1) is 28.2. The second kappa shape index (κ2) is 24.4. The molecular formula is C45H76N6O9. The Balaban J connectivity index is 2.32. The number of hydrogen-bond acceptors (Lipinski definition) is 9. The van der Waals surface area contributed by atoms with E-state index >= 15 is 0 Å². The highest BCUT2D eigenvalue weighted by atomic mass is 16.5. The van der Waals surface area contributed by atoms with E-state index in [-0.39, 0.29) is 54.2 Å². The predicted octanol–water partition coefficient (Wildman–Crippen LogP) is 3.59. The summed E-state index contributed by atoms with van der Waals surface area (Å²) in [6, 6.07) is 4.68. The highest BCUT2D eigenvalue weighted by molar-refractivity contribution is 5.93. The number of hydrogen-bond donors (Lipinski definition) is 4. The summed E-state index contributed by atoms with van der Waals surface area (Å²) in [5, 5.41) is 18.6. The van der Waals surface area contributed by atoms with Gasteiger partial charge in [-0.1, -0.05) is 99.1 Å². The van der Waals surface area contributed by atoms with Crippen molar-refractivity contribution in [3.63, 3.8) is 0 Å².